The van der Waals surface area contributed by atoms with Gasteiger partial charge in [0.05, 0.1) is 39.2 Å². The van der Waals surface area contributed by atoms with Crippen molar-refractivity contribution in [1.82, 2.24) is 9.55 Å². The number of rotatable bonds is 9. The second-order valence-electron chi connectivity index (χ2n) is 11.2. The Morgan fingerprint density at radius 1 is 0.886 bits per heavy atom. The fourth-order valence-corrected chi connectivity index (χ4v) is 6.62. The number of benzene rings is 2. The Morgan fingerprint density at radius 2 is 1.64 bits per heavy atom. The fraction of sp³-hybridized carbons (Fsp3) is 0.250. The molecule has 0 aliphatic rings. The van der Waals surface area contributed by atoms with Gasteiger partial charge in [0.2, 0.25) is 0 Å². The normalized spacial score (nSPS) is 13.7. The predicted molar refractivity (Wildman–Crippen MR) is 195 cm³/mol. The van der Waals surface area contributed by atoms with Crippen LogP contribution in [0.4, 0.5) is 0 Å². The largest absolute Gasteiger partial charge is 0.311 e. The molecule has 0 amide bonds. The van der Waals surface area contributed by atoms with Crippen LogP contribution in [0.2, 0.25) is 0 Å². The summed E-state index contributed by atoms with van der Waals surface area (Å²) in [5.74, 6) is 0. The van der Waals surface area contributed by atoms with Crippen LogP contribution in [-0.4, -0.2) is 21.3 Å². The van der Waals surface area contributed by atoms with Crippen molar-refractivity contribution in [2.24, 2.45) is 4.99 Å². The Hall–Kier alpha value is -4.28. The quantitative estimate of drug-likeness (QED) is 0.123. The maximum absolute atomic E-state index is 5.36. The molecule has 3 nitrogen and oxygen atoms in total. The summed E-state index contributed by atoms with van der Waals surface area (Å²) in [5.41, 5.74) is 9.06. The van der Waals surface area contributed by atoms with Gasteiger partial charge in [-0.3, -0.25) is 9.98 Å². The zero-order chi connectivity index (χ0) is 31.1. The molecule has 3 heterocycles. The van der Waals surface area contributed by atoms with Crippen LogP contribution in [0.25, 0.3) is 37.7 Å². The summed E-state index contributed by atoms with van der Waals surface area (Å²) >= 11 is 1.81. The number of hydrogen-bond donors (Lipinski definition) is 0. The van der Waals surface area contributed by atoms with Crippen LogP contribution in [-0.2, 0) is 0 Å². The van der Waals surface area contributed by atoms with Crippen molar-refractivity contribution >= 4 is 54.8 Å². The molecule has 44 heavy (non-hydrogen) atoms. The van der Waals surface area contributed by atoms with Crippen molar-refractivity contribution in [3.63, 3.8) is 0 Å². The summed E-state index contributed by atoms with van der Waals surface area (Å²) in [6, 6.07) is 28.0. The first-order valence-electron chi connectivity index (χ1n) is 15.8. The zero-order valence-corrected chi connectivity index (χ0v) is 27.7. The molecular formula is C40H43N3S. The molecular weight excluding hydrogens is 555 g/mol. The molecule has 0 fully saturated rings. The van der Waals surface area contributed by atoms with E-state index in [0.29, 0.717) is 0 Å². The summed E-state index contributed by atoms with van der Waals surface area (Å²) in [6.07, 6.45) is 13.9. The molecule has 224 valence electrons. The third-order valence-corrected chi connectivity index (χ3v) is 8.94. The van der Waals surface area contributed by atoms with Crippen LogP contribution in [0.1, 0.15) is 63.0 Å². The van der Waals surface area contributed by atoms with E-state index in [2.05, 4.69) is 155 Å². The summed E-state index contributed by atoms with van der Waals surface area (Å²) in [6.45, 7) is 13.1. The van der Waals surface area contributed by atoms with Gasteiger partial charge in [-0.1, -0.05) is 105 Å². The van der Waals surface area contributed by atoms with E-state index in [4.69, 9.17) is 9.98 Å². The molecule has 5 aromatic rings. The zero-order valence-electron chi connectivity index (χ0n) is 26.8. The molecule has 0 aliphatic heterocycles. The number of allylic oxidation sites excluding steroid dienone is 4. The second kappa shape index (κ2) is 14.5. The average molecular weight is 598 g/mol. The maximum Gasteiger partial charge on any atom is 0.0809 e. The van der Waals surface area contributed by atoms with Crippen LogP contribution < -0.4 is 0 Å². The minimum atomic E-state index is 0.0285. The van der Waals surface area contributed by atoms with E-state index in [-0.39, 0.29) is 6.04 Å². The van der Waals surface area contributed by atoms with Crippen LogP contribution in [0.15, 0.2) is 120 Å². The summed E-state index contributed by atoms with van der Waals surface area (Å²) in [4.78, 5) is 11.6. The van der Waals surface area contributed by atoms with Gasteiger partial charge >= 0.3 is 0 Å². The Morgan fingerprint density at radius 3 is 2.39 bits per heavy atom. The number of aryl methyl sites for hydroxylation is 2. The van der Waals surface area contributed by atoms with Gasteiger partial charge < -0.3 is 4.57 Å². The number of hydrogen-bond acceptors (Lipinski definition) is 3. The van der Waals surface area contributed by atoms with Crippen LogP contribution >= 0.6 is 11.3 Å². The van der Waals surface area contributed by atoms with Gasteiger partial charge in [-0.25, -0.2) is 0 Å². The van der Waals surface area contributed by atoms with Gasteiger partial charge in [0.1, 0.15) is 0 Å². The van der Waals surface area contributed by atoms with Crippen LogP contribution in [0, 0.1) is 13.8 Å². The molecule has 0 bridgehead atoms. The summed E-state index contributed by atoms with van der Waals surface area (Å²) < 4.78 is 3.60. The molecule has 1 unspecified atom stereocenters. The van der Waals surface area contributed by atoms with Crippen molar-refractivity contribution in [3.05, 3.63) is 131 Å². The maximum atomic E-state index is 5.36. The highest BCUT2D eigenvalue weighted by molar-refractivity contribution is 7.19. The highest BCUT2D eigenvalue weighted by Crippen LogP contribution is 2.38. The first-order valence-corrected chi connectivity index (χ1v) is 16.6. The molecule has 5 rings (SSSR count). The van der Waals surface area contributed by atoms with E-state index in [1.165, 1.54) is 42.7 Å². The highest BCUT2D eigenvalue weighted by Gasteiger charge is 2.17. The Kier molecular flexibility index (Phi) is 10.2. The van der Waals surface area contributed by atoms with Crippen molar-refractivity contribution in [2.75, 3.05) is 0 Å². The lowest BCUT2D eigenvalue weighted by atomic mass is 10.0. The van der Waals surface area contributed by atoms with E-state index < -0.39 is 0 Å². The van der Waals surface area contributed by atoms with E-state index >= 15 is 0 Å². The molecule has 0 saturated carbocycles. The van der Waals surface area contributed by atoms with Gasteiger partial charge in [0, 0.05) is 21.3 Å². The van der Waals surface area contributed by atoms with Gasteiger partial charge in [-0.05, 0) is 75.4 Å². The fourth-order valence-electron chi connectivity index (χ4n) is 5.62. The lowest BCUT2D eigenvalue weighted by molar-refractivity contribution is 0.877. The highest BCUT2D eigenvalue weighted by atomic mass is 32.1. The van der Waals surface area contributed by atoms with Gasteiger partial charge in [0.15, 0.2) is 0 Å². The minimum Gasteiger partial charge on any atom is -0.311 e. The van der Waals surface area contributed by atoms with Crippen LogP contribution in [0.5, 0.6) is 0 Å². The summed E-state index contributed by atoms with van der Waals surface area (Å²) in [5, 5.41) is 2.49. The van der Waals surface area contributed by atoms with Gasteiger partial charge in [0.25, 0.3) is 0 Å². The number of pyridine rings is 1. The third kappa shape index (κ3) is 6.76. The Labute approximate surface area is 266 Å². The van der Waals surface area contributed by atoms with Gasteiger partial charge in [-0.2, -0.15) is 0 Å². The second-order valence-corrected chi connectivity index (χ2v) is 12.4. The summed E-state index contributed by atoms with van der Waals surface area (Å²) in [7, 11) is 0. The first-order chi connectivity index (χ1) is 21.4. The van der Waals surface area contributed by atoms with E-state index in [9.17, 15) is 0 Å². The number of para-hydroxylation sites is 1. The van der Waals surface area contributed by atoms with E-state index in [0.717, 1.165) is 41.6 Å². The average Bonchev–Trinajstić information content (AvgIpc) is 3.40. The molecule has 0 saturated heterocycles. The molecule has 0 radical (unpaired) electrons. The molecule has 0 aliphatic carbocycles. The van der Waals surface area contributed by atoms with Crippen molar-refractivity contribution in [2.45, 2.75) is 66.8 Å². The molecule has 4 heteroatoms. The van der Waals surface area contributed by atoms with Crippen molar-refractivity contribution in [3.8, 4) is 0 Å². The number of nitrogens with zero attached hydrogens (tertiary/aromatic N) is 3. The minimum absolute atomic E-state index is 0.0285. The lowest BCUT2D eigenvalue weighted by Crippen LogP contribution is -2.09. The van der Waals surface area contributed by atoms with Crippen molar-refractivity contribution in [1.29, 1.82) is 0 Å². The number of aliphatic imine (C=N–C) groups is 1. The van der Waals surface area contributed by atoms with Crippen molar-refractivity contribution < 1.29 is 0 Å². The monoisotopic (exact) mass is 597 g/mol. The van der Waals surface area contributed by atoms with E-state index in [1.807, 2.05) is 0 Å². The number of fused-ring (bicyclic) bond motifs is 5. The van der Waals surface area contributed by atoms with Gasteiger partial charge in [-0.15, -0.1) is 11.3 Å². The predicted octanol–water partition coefficient (Wildman–Crippen LogP) is 11.6. The molecule has 2 aromatic carbocycles. The molecule has 1 atom stereocenters. The number of aromatic nitrogens is 2. The lowest BCUT2D eigenvalue weighted by Gasteiger charge is -2.15. The SMILES string of the molecule is CCC=C(/C=C\CC)C(C)N=C(/C=C(\CC)n1c2ccccc2c2c3sc(C)ccc(C)ccc3ncc21)c1ccccc1. The molecule has 0 spiro atoms. The topological polar surface area (TPSA) is 30.2 Å². The third-order valence-electron chi connectivity index (χ3n) is 7.87. The molecule has 3 aromatic heterocycles. The standard InChI is InChI=1S/C40H43N3S/c1-7-10-17-31(16-8-2)30(6)42-36(32-18-12-11-13-19-32)26-33(9-3)43-37-21-15-14-20-34(37)39-38(43)27-41-35-25-23-28(4)22-24-29(5)44-40(35)39/h10-27,30H,7-9H2,1-6H3/b17-10-,25-23?,28-22?,29-24?,31-16?,33-26+,42-36?. The van der Waals surface area contributed by atoms with E-state index in [1.54, 1.807) is 11.3 Å². The molecule has 0 N–H and O–H groups in total. The first kappa shape index (κ1) is 31.2. The van der Waals surface area contributed by atoms with Crippen LogP contribution in [0.3, 0.4) is 0 Å². The smallest absolute Gasteiger partial charge is 0.0809 e. The Bertz CT molecular complexity index is 1950. The Balaban J connectivity index is 1.81.